The van der Waals surface area contributed by atoms with Gasteiger partial charge < -0.3 is 14.8 Å². The third-order valence-electron chi connectivity index (χ3n) is 4.86. The lowest BCUT2D eigenvalue weighted by Crippen LogP contribution is -2.27. The largest absolute Gasteiger partial charge is 0.495 e. The Labute approximate surface area is 192 Å². The number of ether oxygens (including phenoxy) is 2. The maximum atomic E-state index is 13.3. The van der Waals surface area contributed by atoms with E-state index < -0.39 is 15.9 Å². The number of benzene rings is 3. The number of halogens is 1. The highest BCUT2D eigenvalue weighted by molar-refractivity contribution is 7.92. The third-order valence-corrected chi connectivity index (χ3v) is 6.92. The Balaban J connectivity index is 1.93. The van der Waals surface area contributed by atoms with Crippen LogP contribution in [-0.2, 0) is 10.0 Å². The summed E-state index contributed by atoms with van der Waals surface area (Å²) < 4.78 is 38.1. The molecule has 0 radical (unpaired) electrons. The van der Waals surface area contributed by atoms with E-state index in [2.05, 4.69) is 5.32 Å². The summed E-state index contributed by atoms with van der Waals surface area (Å²) in [5.41, 5.74) is 2.12. The number of anilines is 2. The zero-order valence-electron chi connectivity index (χ0n) is 18.0. The van der Waals surface area contributed by atoms with Gasteiger partial charge in [-0.2, -0.15) is 0 Å². The van der Waals surface area contributed by atoms with E-state index in [4.69, 9.17) is 21.1 Å². The number of hydrogen-bond acceptors (Lipinski definition) is 5. The smallest absolute Gasteiger partial charge is 0.264 e. The molecule has 7 nitrogen and oxygen atoms in total. The first kappa shape index (κ1) is 23.4. The molecule has 0 bridgehead atoms. The number of sulfonamides is 1. The Hall–Kier alpha value is -3.23. The molecule has 0 aliphatic carbocycles. The van der Waals surface area contributed by atoms with Gasteiger partial charge >= 0.3 is 0 Å². The van der Waals surface area contributed by atoms with Crippen molar-refractivity contribution in [3.05, 3.63) is 76.8 Å². The van der Waals surface area contributed by atoms with Crippen LogP contribution in [0, 0.1) is 6.92 Å². The van der Waals surface area contributed by atoms with Gasteiger partial charge in [0.25, 0.3) is 15.9 Å². The average Bonchev–Trinajstić information content (AvgIpc) is 2.79. The summed E-state index contributed by atoms with van der Waals surface area (Å²) in [4.78, 5) is 12.6. The molecule has 32 heavy (non-hydrogen) atoms. The lowest BCUT2D eigenvalue weighted by Gasteiger charge is -2.23. The number of aryl methyl sites for hydroxylation is 1. The van der Waals surface area contributed by atoms with Crippen molar-refractivity contribution in [1.29, 1.82) is 0 Å². The van der Waals surface area contributed by atoms with E-state index in [1.54, 1.807) is 18.2 Å². The van der Waals surface area contributed by atoms with Crippen molar-refractivity contribution < 1.29 is 22.7 Å². The molecule has 1 amide bonds. The molecule has 0 saturated heterocycles. The quantitative estimate of drug-likeness (QED) is 0.534. The molecule has 9 heteroatoms. The topological polar surface area (TPSA) is 84.9 Å². The van der Waals surface area contributed by atoms with Crippen LogP contribution in [0.5, 0.6) is 11.5 Å². The second-order valence-corrected chi connectivity index (χ2v) is 9.36. The SMILES string of the molecule is COc1cc(OC)c(N(C)S(=O)(=O)c2cccc(C(=O)Nc3ccc(C)cc3)c2)cc1Cl. The molecule has 3 aromatic carbocycles. The number of nitrogens with zero attached hydrogens (tertiary/aromatic N) is 1. The predicted octanol–water partition coefficient (Wildman–Crippen LogP) is 4.74. The van der Waals surface area contributed by atoms with Gasteiger partial charge in [0.15, 0.2) is 0 Å². The number of rotatable bonds is 7. The number of amides is 1. The van der Waals surface area contributed by atoms with Crippen LogP contribution in [0.1, 0.15) is 15.9 Å². The maximum absolute atomic E-state index is 13.3. The minimum absolute atomic E-state index is 0.0504. The van der Waals surface area contributed by atoms with Crippen molar-refractivity contribution in [3.63, 3.8) is 0 Å². The van der Waals surface area contributed by atoms with Crippen LogP contribution in [0.25, 0.3) is 0 Å². The van der Waals surface area contributed by atoms with Crippen LogP contribution < -0.4 is 19.1 Å². The van der Waals surface area contributed by atoms with Crippen molar-refractivity contribution in [3.8, 4) is 11.5 Å². The first-order valence-electron chi connectivity index (χ1n) is 9.56. The third kappa shape index (κ3) is 4.81. The lowest BCUT2D eigenvalue weighted by atomic mass is 10.2. The van der Waals surface area contributed by atoms with Crippen molar-refractivity contribution in [2.24, 2.45) is 0 Å². The van der Waals surface area contributed by atoms with Gasteiger partial charge in [0.1, 0.15) is 11.5 Å². The minimum Gasteiger partial charge on any atom is -0.495 e. The fourth-order valence-corrected chi connectivity index (χ4v) is 4.50. The second kappa shape index (κ2) is 9.50. The van der Waals surface area contributed by atoms with Gasteiger partial charge in [-0.05, 0) is 43.3 Å². The number of carbonyl (C=O) groups is 1. The summed E-state index contributed by atoms with van der Waals surface area (Å²) in [5, 5.41) is 3.00. The number of methoxy groups -OCH3 is 2. The van der Waals surface area contributed by atoms with E-state index in [9.17, 15) is 13.2 Å². The molecule has 0 aliphatic rings. The van der Waals surface area contributed by atoms with Crippen LogP contribution in [-0.4, -0.2) is 35.6 Å². The van der Waals surface area contributed by atoms with Gasteiger partial charge in [0, 0.05) is 24.4 Å². The molecule has 0 aromatic heterocycles. The molecular weight excluding hydrogens is 452 g/mol. The van der Waals surface area contributed by atoms with Gasteiger partial charge in [-0.15, -0.1) is 0 Å². The van der Waals surface area contributed by atoms with Crippen molar-refractivity contribution >= 4 is 38.9 Å². The van der Waals surface area contributed by atoms with Gasteiger partial charge in [0.05, 0.1) is 29.8 Å². The number of nitrogens with one attached hydrogen (secondary N) is 1. The molecule has 1 N–H and O–H groups in total. The van der Waals surface area contributed by atoms with Gasteiger partial charge in [-0.3, -0.25) is 9.10 Å². The standard InChI is InChI=1S/C23H23ClN2O5S/c1-15-8-10-17(11-9-15)25-23(27)16-6-5-7-18(12-16)32(28,29)26(2)20-13-19(24)21(30-3)14-22(20)31-4/h5-14H,1-4H3,(H,25,27). The van der Waals surface area contributed by atoms with Gasteiger partial charge in [0.2, 0.25) is 0 Å². The second-order valence-electron chi connectivity index (χ2n) is 6.98. The summed E-state index contributed by atoms with van der Waals surface area (Å²) in [6.45, 7) is 1.95. The van der Waals surface area contributed by atoms with Crippen LogP contribution in [0.2, 0.25) is 5.02 Å². The fraction of sp³-hybridized carbons (Fsp3) is 0.174. The summed E-state index contributed by atoms with van der Waals surface area (Å²) in [6.07, 6.45) is 0. The van der Waals surface area contributed by atoms with E-state index in [1.807, 2.05) is 19.1 Å². The monoisotopic (exact) mass is 474 g/mol. The normalized spacial score (nSPS) is 11.0. The minimum atomic E-state index is -4.02. The maximum Gasteiger partial charge on any atom is 0.264 e. The molecule has 0 aliphatic heterocycles. The zero-order chi connectivity index (χ0) is 23.5. The number of carbonyl (C=O) groups excluding carboxylic acids is 1. The van der Waals surface area contributed by atoms with E-state index >= 15 is 0 Å². The summed E-state index contributed by atoms with van der Waals surface area (Å²) >= 11 is 6.20. The lowest BCUT2D eigenvalue weighted by molar-refractivity contribution is 0.102. The van der Waals surface area contributed by atoms with E-state index in [-0.39, 0.29) is 26.9 Å². The van der Waals surface area contributed by atoms with Crippen molar-refractivity contribution in [2.45, 2.75) is 11.8 Å². The molecule has 0 heterocycles. The Morgan fingerprint density at radius 1 is 0.969 bits per heavy atom. The van der Waals surface area contributed by atoms with Gasteiger partial charge in [-0.25, -0.2) is 8.42 Å². The molecule has 0 spiro atoms. The van der Waals surface area contributed by atoms with Crippen LogP contribution in [0.3, 0.4) is 0 Å². The molecular formula is C23H23ClN2O5S. The molecule has 168 valence electrons. The summed E-state index contributed by atoms with van der Waals surface area (Å²) in [5.74, 6) is 0.206. The highest BCUT2D eigenvalue weighted by Gasteiger charge is 2.26. The van der Waals surface area contributed by atoms with Crippen molar-refractivity contribution in [1.82, 2.24) is 0 Å². The predicted molar refractivity (Wildman–Crippen MR) is 126 cm³/mol. The summed E-state index contributed by atoms with van der Waals surface area (Å²) in [7, 11) is 0.234. The highest BCUT2D eigenvalue weighted by atomic mass is 35.5. The van der Waals surface area contributed by atoms with Crippen LogP contribution in [0.15, 0.2) is 65.6 Å². The molecule has 0 atom stereocenters. The Morgan fingerprint density at radius 3 is 2.25 bits per heavy atom. The highest BCUT2D eigenvalue weighted by Crippen LogP contribution is 2.39. The zero-order valence-corrected chi connectivity index (χ0v) is 19.6. The molecule has 3 rings (SSSR count). The Kier molecular flexibility index (Phi) is 6.96. The first-order chi connectivity index (χ1) is 15.2. The number of hydrogen-bond donors (Lipinski definition) is 1. The van der Waals surface area contributed by atoms with E-state index in [0.717, 1.165) is 9.87 Å². The van der Waals surface area contributed by atoms with Crippen molar-refractivity contribution in [2.75, 3.05) is 30.9 Å². The molecule has 0 fully saturated rings. The molecule has 0 saturated carbocycles. The van der Waals surface area contributed by atoms with Crippen LogP contribution >= 0.6 is 11.6 Å². The Bertz CT molecular complexity index is 1240. The van der Waals surface area contributed by atoms with E-state index in [0.29, 0.717) is 11.4 Å². The molecule has 0 unspecified atom stereocenters. The van der Waals surface area contributed by atoms with Gasteiger partial charge in [-0.1, -0.05) is 35.4 Å². The summed E-state index contributed by atoms with van der Waals surface area (Å²) in [6, 6.07) is 16.1. The Morgan fingerprint density at radius 2 is 1.62 bits per heavy atom. The molecule has 3 aromatic rings. The average molecular weight is 475 g/mol. The first-order valence-corrected chi connectivity index (χ1v) is 11.4. The van der Waals surface area contributed by atoms with E-state index in [1.165, 1.54) is 51.6 Å². The fourth-order valence-electron chi connectivity index (χ4n) is 3.02. The van der Waals surface area contributed by atoms with Crippen LogP contribution in [0.4, 0.5) is 11.4 Å².